The molecule has 0 spiro atoms. The van der Waals surface area contributed by atoms with Crippen molar-refractivity contribution in [3.8, 4) is 11.5 Å². The fourth-order valence-electron chi connectivity index (χ4n) is 2.52. The Balaban J connectivity index is 1.67. The number of hydrogen-bond donors (Lipinski definition) is 0. The molecule has 1 aliphatic heterocycles. The average molecular weight is 292 g/mol. The molecule has 1 heterocycles. The van der Waals surface area contributed by atoms with Crippen molar-refractivity contribution in [1.82, 2.24) is 4.90 Å². The molecule has 1 fully saturated rings. The van der Waals surface area contributed by atoms with Gasteiger partial charge < -0.3 is 14.4 Å². The van der Waals surface area contributed by atoms with E-state index in [9.17, 15) is 14.9 Å². The van der Waals surface area contributed by atoms with Crippen LogP contribution in [0.1, 0.15) is 18.9 Å². The standard InChI is InChI=1S/C14H16N2O5/c1-2-15(14(17)10-6-11(10)16(18)19)7-9-3-4-12-13(5-9)21-8-20-12/h3-5,10-11H,2,6-8H2,1H3/t10-,11-/m1/s1. The summed E-state index contributed by atoms with van der Waals surface area (Å²) in [5, 5.41) is 10.7. The molecule has 1 amide bonds. The molecular weight excluding hydrogens is 276 g/mol. The van der Waals surface area contributed by atoms with Gasteiger partial charge >= 0.3 is 0 Å². The smallest absolute Gasteiger partial charge is 0.233 e. The van der Waals surface area contributed by atoms with Gasteiger partial charge in [0.05, 0.1) is 0 Å². The second kappa shape index (κ2) is 5.23. The lowest BCUT2D eigenvalue weighted by atomic mass is 10.1. The van der Waals surface area contributed by atoms with Gasteiger partial charge in [0.1, 0.15) is 5.92 Å². The Kier molecular flexibility index (Phi) is 3.40. The third kappa shape index (κ3) is 2.63. The summed E-state index contributed by atoms with van der Waals surface area (Å²) in [5.74, 6) is 0.764. The molecule has 1 aliphatic carbocycles. The Bertz CT molecular complexity index is 589. The van der Waals surface area contributed by atoms with Crippen molar-refractivity contribution in [2.45, 2.75) is 25.9 Å². The zero-order valence-corrected chi connectivity index (χ0v) is 11.7. The Morgan fingerprint density at radius 2 is 2.19 bits per heavy atom. The minimum absolute atomic E-state index is 0.142. The molecule has 21 heavy (non-hydrogen) atoms. The van der Waals surface area contributed by atoms with Gasteiger partial charge in [-0.2, -0.15) is 0 Å². The van der Waals surface area contributed by atoms with Crippen molar-refractivity contribution < 1.29 is 19.2 Å². The van der Waals surface area contributed by atoms with Crippen LogP contribution in [0.5, 0.6) is 11.5 Å². The second-order valence-electron chi connectivity index (χ2n) is 5.23. The second-order valence-corrected chi connectivity index (χ2v) is 5.23. The lowest BCUT2D eigenvalue weighted by Crippen LogP contribution is -2.33. The lowest BCUT2D eigenvalue weighted by Gasteiger charge is -2.20. The van der Waals surface area contributed by atoms with Gasteiger partial charge in [0.15, 0.2) is 11.5 Å². The zero-order chi connectivity index (χ0) is 15.0. The van der Waals surface area contributed by atoms with Crippen molar-refractivity contribution in [2.75, 3.05) is 13.3 Å². The molecular formula is C14H16N2O5. The average Bonchev–Trinajstić information content (AvgIpc) is 3.15. The molecule has 1 aromatic carbocycles. The summed E-state index contributed by atoms with van der Waals surface area (Å²) in [6, 6.07) is 4.83. The Labute approximate surface area is 121 Å². The van der Waals surface area contributed by atoms with Gasteiger partial charge in [-0.25, -0.2) is 0 Å². The Hall–Kier alpha value is -2.31. The Morgan fingerprint density at radius 3 is 2.86 bits per heavy atom. The van der Waals surface area contributed by atoms with E-state index in [1.54, 1.807) is 4.90 Å². The van der Waals surface area contributed by atoms with Gasteiger partial charge in [-0.1, -0.05) is 6.07 Å². The number of carbonyl (C=O) groups is 1. The number of benzene rings is 1. The fourth-order valence-corrected chi connectivity index (χ4v) is 2.52. The van der Waals surface area contributed by atoms with Crippen molar-refractivity contribution in [3.05, 3.63) is 33.9 Å². The number of nitro groups is 1. The highest BCUT2D eigenvalue weighted by Crippen LogP contribution is 2.36. The summed E-state index contributed by atoms with van der Waals surface area (Å²) in [7, 11) is 0. The van der Waals surface area contributed by atoms with E-state index >= 15 is 0 Å². The molecule has 7 nitrogen and oxygen atoms in total. The number of ether oxygens (including phenoxy) is 2. The molecule has 112 valence electrons. The minimum Gasteiger partial charge on any atom is -0.454 e. The van der Waals surface area contributed by atoms with Gasteiger partial charge in [-0.05, 0) is 24.6 Å². The fraction of sp³-hybridized carbons (Fsp3) is 0.500. The third-order valence-corrected chi connectivity index (χ3v) is 3.85. The molecule has 0 unspecified atom stereocenters. The van der Waals surface area contributed by atoms with Crippen LogP contribution in [-0.4, -0.2) is 35.1 Å². The first-order valence-corrected chi connectivity index (χ1v) is 6.91. The van der Waals surface area contributed by atoms with E-state index in [0.29, 0.717) is 31.0 Å². The number of rotatable bonds is 5. The number of fused-ring (bicyclic) bond motifs is 1. The summed E-state index contributed by atoms with van der Waals surface area (Å²) in [6.07, 6.45) is 0.351. The van der Waals surface area contributed by atoms with Crippen LogP contribution in [0.25, 0.3) is 0 Å². The lowest BCUT2D eigenvalue weighted by molar-refractivity contribution is -0.497. The van der Waals surface area contributed by atoms with Gasteiger partial charge in [0, 0.05) is 24.4 Å². The third-order valence-electron chi connectivity index (χ3n) is 3.85. The predicted octanol–water partition coefficient (Wildman–Crippen LogP) is 1.43. The first-order chi connectivity index (χ1) is 10.1. The molecule has 0 bridgehead atoms. The molecule has 7 heteroatoms. The molecule has 0 aromatic heterocycles. The van der Waals surface area contributed by atoms with Crippen LogP contribution in [0.2, 0.25) is 0 Å². The van der Waals surface area contributed by atoms with Crippen molar-refractivity contribution >= 4 is 5.91 Å². The zero-order valence-electron chi connectivity index (χ0n) is 11.7. The molecule has 3 rings (SSSR count). The van der Waals surface area contributed by atoms with Gasteiger partial charge in [-0.15, -0.1) is 0 Å². The van der Waals surface area contributed by atoms with Crippen LogP contribution in [-0.2, 0) is 11.3 Å². The van der Waals surface area contributed by atoms with Gasteiger partial charge in [0.25, 0.3) is 0 Å². The van der Waals surface area contributed by atoms with Crippen LogP contribution in [0.3, 0.4) is 0 Å². The first-order valence-electron chi connectivity index (χ1n) is 6.91. The van der Waals surface area contributed by atoms with E-state index in [4.69, 9.17) is 9.47 Å². The maximum absolute atomic E-state index is 12.3. The first kappa shape index (κ1) is 13.7. The van der Waals surface area contributed by atoms with Crippen LogP contribution in [0.4, 0.5) is 0 Å². The monoisotopic (exact) mass is 292 g/mol. The topological polar surface area (TPSA) is 81.9 Å². The summed E-state index contributed by atoms with van der Waals surface area (Å²) >= 11 is 0. The van der Waals surface area contributed by atoms with E-state index in [1.807, 2.05) is 25.1 Å². The van der Waals surface area contributed by atoms with Crippen molar-refractivity contribution in [2.24, 2.45) is 5.92 Å². The highest BCUT2D eigenvalue weighted by atomic mass is 16.7. The maximum Gasteiger partial charge on any atom is 0.233 e. The normalized spacial score (nSPS) is 22.0. The molecule has 2 aliphatic rings. The molecule has 1 aromatic rings. The van der Waals surface area contributed by atoms with E-state index in [0.717, 1.165) is 5.56 Å². The molecule has 0 N–H and O–H groups in total. The van der Waals surface area contributed by atoms with Crippen molar-refractivity contribution in [3.63, 3.8) is 0 Å². The van der Waals surface area contributed by atoms with E-state index in [1.165, 1.54) is 0 Å². The number of hydrogen-bond acceptors (Lipinski definition) is 5. The van der Waals surface area contributed by atoms with Crippen LogP contribution >= 0.6 is 0 Å². The minimum atomic E-state index is -0.705. The molecule has 0 saturated heterocycles. The highest BCUT2D eigenvalue weighted by molar-refractivity contribution is 5.82. The largest absolute Gasteiger partial charge is 0.454 e. The summed E-state index contributed by atoms with van der Waals surface area (Å²) in [6.45, 7) is 3.03. The van der Waals surface area contributed by atoms with Gasteiger partial charge in [-0.3, -0.25) is 14.9 Å². The Morgan fingerprint density at radius 1 is 1.43 bits per heavy atom. The number of amides is 1. The summed E-state index contributed by atoms with van der Waals surface area (Å²) in [5.41, 5.74) is 0.924. The van der Waals surface area contributed by atoms with E-state index in [2.05, 4.69) is 0 Å². The van der Waals surface area contributed by atoms with E-state index < -0.39 is 12.0 Å². The van der Waals surface area contributed by atoms with Crippen LogP contribution in [0, 0.1) is 16.0 Å². The number of carbonyl (C=O) groups excluding carboxylic acids is 1. The predicted molar refractivity (Wildman–Crippen MR) is 72.5 cm³/mol. The highest BCUT2D eigenvalue weighted by Gasteiger charge is 2.54. The SMILES string of the molecule is CCN(Cc1ccc2c(c1)OCO2)C(=O)[C@@H]1C[C@H]1[N+](=O)[O-]. The maximum atomic E-state index is 12.3. The van der Waals surface area contributed by atoms with Crippen LogP contribution in [0.15, 0.2) is 18.2 Å². The summed E-state index contributed by atoms with van der Waals surface area (Å²) in [4.78, 5) is 24.2. The van der Waals surface area contributed by atoms with Crippen molar-refractivity contribution in [1.29, 1.82) is 0 Å². The molecule has 1 saturated carbocycles. The quantitative estimate of drug-likeness (QED) is 0.605. The molecule has 2 atom stereocenters. The molecule has 0 radical (unpaired) electrons. The van der Waals surface area contributed by atoms with Gasteiger partial charge in [0.2, 0.25) is 18.7 Å². The summed E-state index contributed by atoms with van der Waals surface area (Å²) < 4.78 is 10.6. The van der Waals surface area contributed by atoms with Crippen LogP contribution < -0.4 is 9.47 Å². The number of nitrogens with zero attached hydrogens (tertiary/aromatic N) is 2. The van der Waals surface area contributed by atoms with E-state index in [-0.39, 0.29) is 17.6 Å².